The molecule has 3 rings (SSSR count). The van der Waals surface area contributed by atoms with E-state index in [1.807, 2.05) is 17.9 Å². The van der Waals surface area contributed by atoms with E-state index in [1.165, 1.54) is 25.7 Å². The van der Waals surface area contributed by atoms with E-state index >= 15 is 0 Å². The van der Waals surface area contributed by atoms with Crippen molar-refractivity contribution in [2.24, 2.45) is 7.05 Å². The topological polar surface area (TPSA) is 47.7 Å². The number of aryl methyl sites for hydroxylation is 1. The summed E-state index contributed by atoms with van der Waals surface area (Å²) in [6, 6.07) is 5.10. The summed E-state index contributed by atoms with van der Waals surface area (Å²) in [6.45, 7) is 3.07. The van der Waals surface area contributed by atoms with Crippen LogP contribution in [0.3, 0.4) is 0 Å². The number of rotatable bonds is 6. The molecule has 1 fully saturated rings. The van der Waals surface area contributed by atoms with Crippen LogP contribution in [0, 0.1) is 0 Å². The van der Waals surface area contributed by atoms with Gasteiger partial charge in [0.1, 0.15) is 0 Å². The smallest absolute Gasteiger partial charge is 0.0797 e. The molecule has 1 saturated carbocycles. The summed E-state index contributed by atoms with van der Waals surface area (Å²) in [5.41, 5.74) is 2.24. The van der Waals surface area contributed by atoms with E-state index in [0.29, 0.717) is 6.04 Å². The van der Waals surface area contributed by atoms with Gasteiger partial charge in [-0.05, 0) is 31.5 Å². The Bertz CT molecular complexity index is 565. The van der Waals surface area contributed by atoms with Crippen molar-refractivity contribution in [2.45, 2.75) is 51.1 Å². The fourth-order valence-electron chi connectivity index (χ4n) is 3.21. The minimum Gasteiger partial charge on any atom is -0.309 e. The number of hydrogen-bond acceptors (Lipinski definition) is 3. The molecule has 2 aromatic rings. The van der Waals surface area contributed by atoms with Crippen LogP contribution in [0.4, 0.5) is 0 Å². The maximum Gasteiger partial charge on any atom is 0.0797 e. The van der Waals surface area contributed by atoms with Gasteiger partial charge in [-0.15, -0.1) is 0 Å². The Labute approximate surface area is 126 Å². The van der Waals surface area contributed by atoms with Gasteiger partial charge >= 0.3 is 0 Å². The van der Waals surface area contributed by atoms with Crippen LogP contribution in [0.25, 0.3) is 0 Å². The van der Waals surface area contributed by atoms with Crippen LogP contribution in [0.2, 0.25) is 0 Å². The molecule has 0 amide bonds. The van der Waals surface area contributed by atoms with Gasteiger partial charge in [0, 0.05) is 25.9 Å². The van der Waals surface area contributed by atoms with Crippen molar-refractivity contribution in [1.82, 2.24) is 24.9 Å². The van der Waals surface area contributed by atoms with Crippen molar-refractivity contribution < 1.29 is 0 Å². The van der Waals surface area contributed by atoms with Crippen LogP contribution >= 0.6 is 0 Å². The monoisotopic (exact) mass is 287 g/mol. The van der Waals surface area contributed by atoms with E-state index in [4.69, 9.17) is 5.10 Å². The molecule has 0 saturated heterocycles. The molecule has 114 valence electrons. The summed E-state index contributed by atoms with van der Waals surface area (Å²) in [7, 11) is 1.96. The third kappa shape index (κ3) is 3.35. The van der Waals surface area contributed by atoms with Crippen molar-refractivity contribution in [2.75, 3.05) is 6.54 Å². The average Bonchev–Trinajstić information content (AvgIpc) is 3.18. The summed E-state index contributed by atoms with van der Waals surface area (Å²) in [4.78, 5) is 0. The second-order valence-corrected chi connectivity index (χ2v) is 5.95. The van der Waals surface area contributed by atoms with Gasteiger partial charge in [-0.25, -0.2) is 0 Å². The number of likely N-dealkylation sites (N-methyl/N-ethyl adjacent to an activating group) is 1. The fourth-order valence-corrected chi connectivity index (χ4v) is 3.21. The second-order valence-electron chi connectivity index (χ2n) is 5.95. The van der Waals surface area contributed by atoms with E-state index in [9.17, 15) is 0 Å². The van der Waals surface area contributed by atoms with E-state index in [2.05, 4.69) is 40.4 Å². The molecule has 1 aliphatic carbocycles. The number of aromatic nitrogens is 4. The molecule has 2 heterocycles. The lowest BCUT2D eigenvalue weighted by atomic mass is 10.1. The molecule has 0 spiro atoms. The normalized spacial score (nSPS) is 17.4. The Hall–Kier alpha value is -1.62. The molecular weight excluding hydrogens is 262 g/mol. The zero-order valence-corrected chi connectivity index (χ0v) is 13.0. The van der Waals surface area contributed by atoms with Crippen LogP contribution in [-0.4, -0.2) is 26.1 Å². The molecule has 5 heteroatoms. The highest BCUT2D eigenvalue weighted by molar-refractivity contribution is 5.11. The van der Waals surface area contributed by atoms with Gasteiger partial charge in [-0.2, -0.15) is 10.2 Å². The van der Waals surface area contributed by atoms with E-state index in [0.717, 1.165) is 24.4 Å². The first-order valence-corrected chi connectivity index (χ1v) is 8.03. The summed E-state index contributed by atoms with van der Waals surface area (Å²) in [5, 5.41) is 12.8. The third-order valence-electron chi connectivity index (χ3n) is 4.32. The maximum atomic E-state index is 4.79. The zero-order chi connectivity index (χ0) is 14.7. The molecule has 2 aromatic heterocycles. The summed E-state index contributed by atoms with van der Waals surface area (Å²) >= 11 is 0. The Morgan fingerprint density at radius 1 is 1.24 bits per heavy atom. The molecule has 0 radical (unpaired) electrons. The van der Waals surface area contributed by atoms with Crippen molar-refractivity contribution >= 4 is 0 Å². The molecule has 0 aliphatic heterocycles. The molecule has 0 bridgehead atoms. The number of nitrogens with zero attached hydrogens (tertiary/aromatic N) is 4. The van der Waals surface area contributed by atoms with Crippen molar-refractivity contribution in [1.29, 1.82) is 0 Å². The summed E-state index contributed by atoms with van der Waals surface area (Å²) in [6.07, 6.45) is 10.3. The zero-order valence-electron chi connectivity index (χ0n) is 13.0. The first-order valence-electron chi connectivity index (χ1n) is 8.03. The fraction of sp³-hybridized carbons (Fsp3) is 0.625. The van der Waals surface area contributed by atoms with E-state index < -0.39 is 0 Å². The Kier molecular flexibility index (Phi) is 4.39. The van der Waals surface area contributed by atoms with Crippen molar-refractivity contribution in [3.8, 4) is 0 Å². The average molecular weight is 287 g/mol. The van der Waals surface area contributed by atoms with Gasteiger partial charge in [0.05, 0.1) is 23.5 Å². The lowest BCUT2D eigenvalue weighted by molar-refractivity contribution is 0.456. The highest BCUT2D eigenvalue weighted by atomic mass is 15.3. The molecular formula is C16H25N5. The summed E-state index contributed by atoms with van der Waals surface area (Å²) < 4.78 is 4.03. The first-order chi connectivity index (χ1) is 10.3. The van der Waals surface area contributed by atoms with Gasteiger partial charge in [-0.1, -0.05) is 19.8 Å². The molecule has 1 atom stereocenters. The Balaban J connectivity index is 1.70. The number of nitrogens with one attached hydrogen (secondary N) is 1. The highest BCUT2D eigenvalue weighted by Gasteiger charge is 2.19. The predicted octanol–water partition coefficient (Wildman–Crippen LogP) is 2.63. The van der Waals surface area contributed by atoms with E-state index in [-0.39, 0.29) is 6.04 Å². The van der Waals surface area contributed by atoms with Crippen LogP contribution in [0.1, 0.15) is 56.1 Å². The molecule has 21 heavy (non-hydrogen) atoms. The van der Waals surface area contributed by atoms with Crippen LogP contribution in [0.15, 0.2) is 24.5 Å². The van der Waals surface area contributed by atoms with Crippen LogP contribution < -0.4 is 5.32 Å². The lowest BCUT2D eigenvalue weighted by Crippen LogP contribution is -2.24. The largest absolute Gasteiger partial charge is 0.309 e. The maximum absolute atomic E-state index is 4.79. The Morgan fingerprint density at radius 2 is 2.05 bits per heavy atom. The van der Waals surface area contributed by atoms with Gasteiger partial charge < -0.3 is 5.32 Å². The van der Waals surface area contributed by atoms with Gasteiger partial charge in [0.15, 0.2) is 0 Å². The van der Waals surface area contributed by atoms with Crippen LogP contribution in [0.5, 0.6) is 0 Å². The van der Waals surface area contributed by atoms with Crippen molar-refractivity contribution in [3.05, 3.63) is 35.9 Å². The molecule has 1 unspecified atom stereocenters. The lowest BCUT2D eigenvalue weighted by Gasteiger charge is -2.14. The molecule has 1 aliphatic rings. The molecule has 1 N–H and O–H groups in total. The SMILES string of the molecule is CCNC(Cc1ccn(C2CCCC2)n1)c1ccn(C)n1. The third-order valence-corrected chi connectivity index (χ3v) is 4.32. The second kappa shape index (κ2) is 6.43. The van der Waals surface area contributed by atoms with E-state index in [1.54, 1.807) is 0 Å². The standard InChI is InChI=1S/C16H25N5/c1-3-17-16(15-9-10-20(2)19-15)12-13-8-11-21(18-13)14-6-4-5-7-14/h8-11,14,16-17H,3-7,12H2,1-2H3. The predicted molar refractivity (Wildman–Crippen MR) is 83.1 cm³/mol. The first kappa shape index (κ1) is 14.3. The highest BCUT2D eigenvalue weighted by Crippen LogP contribution is 2.29. The molecule has 0 aromatic carbocycles. The van der Waals surface area contributed by atoms with Gasteiger partial charge in [0.25, 0.3) is 0 Å². The minimum absolute atomic E-state index is 0.239. The van der Waals surface area contributed by atoms with Crippen LogP contribution in [-0.2, 0) is 13.5 Å². The molecule has 5 nitrogen and oxygen atoms in total. The minimum atomic E-state index is 0.239. The summed E-state index contributed by atoms with van der Waals surface area (Å²) in [5.74, 6) is 0. The van der Waals surface area contributed by atoms with Gasteiger partial charge in [-0.3, -0.25) is 9.36 Å². The quantitative estimate of drug-likeness (QED) is 0.888. The number of hydrogen-bond donors (Lipinski definition) is 1. The van der Waals surface area contributed by atoms with Crippen molar-refractivity contribution in [3.63, 3.8) is 0 Å². The van der Waals surface area contributed by atoms with Gasteiger partial charge in [0.2, 0.25) is 0 Å². The Morgan fingerprint density at radius 3 is 2.71 bits per heavy atom.